The second-order valence-electron chi connectivity index (χ2n) is 6.00. The molecule has 0 aliphatic carbocycles. The van der Waals surface area contributed by atoms with E-state index in [9.17, 15) is 22.8 Å². The lowest BCUT2D eigenvalue weighted by molar-refractivity contribution is -0.138. The summed E-state index contributed by atoms with van der Waals surface area (Å²) in [6.07, 6.45) is -4.53. The number of piperazine rings is 1. The Kier molecular flexibility index (Phi) is 6.85. The summed E-state index contributed by atoms with van der Waals surface area (Å²) in [7, 11) is 0. The van der Waals surface area contributed by atoms with Crippen molar-refractivity contribution in [2.45, 2.75) is 12.6 Å². The van der Waals surface area contributed by atoms with E-state index in [-0.39, 0.29) is 18.7 Å². The van der Waals surface area contributed by atoms with Gasteiger partial charge in [0.25, 0.3) is 0 Å². The van der Waals surface area contributed by atoms with Gasteiger partial charge in [0.2, 0.25) is 5.91 Å². The Morgan fingerprint density at radius 2 is 1.77 bits per heavy atom. The maximum Gasteiger partial charge on any atom is 0.417 e. The van der Waals surface area contributed by atoms with Crippen molar-refractivity contribution in [2.24, 2.45) is 0 Å². The molecule has 0 unspecified atom stereocenters. The smallest absolute Gasteiger partial charge is 0.417 e. The number of alkyl halides is 3. The van der Waals surface area contributed by atoms with Crippen LogP contribution in [0.15, 0.2) is 18.2 Å². The second-order valence-corrected chi connectivity index (χ2v) is 6.41. The number of amides is 1. The monoisotopic (exact) mass is 393 g/mol. The van der Waals surface area contributed by atoms with Gasteiger partial charge >= 0.3 is 12.1 Å². The van der Waals surface area contributed by atoms with Crippen molar-refractivity contribution in [2.75, 3.05) is 44.6 Å². The summed E-state index contributed by atoms with van der Waals surface area (Å²) in [6.45, 7) is 2.96. The normalized spacial score (nSPS) is 16.5. The zero-order chi connectivity index (χ0) is 19.3. The van der Waals surface area contributed by atoms with Gasteiger partial charge in [0.1, 0.15) is 0 Å². The van der Waals surface area contributed by atoms with E-state index >= 15 is 0 Å². The van der Waals surface area contributed by atoms with Crippen molar-refractivity contribution >= 4 is 29.2 Å². The Morgan fingerprint density at radius 3 is 2.35 bits per heavy atom. The standard InChI is InChI=1S/C16H19ClF3N3O3/c17-13-2-1-11(9-12(13)16(18,19)20)21-14(24)10-23-7-5-22(6-8-23)4-3-15(25)26/h1-2,9H,3-8,10H2,(H,21,24)(H,25,26). The van der Waals surface area contributed by atoms with Crippen molar-refractivity contribution in [3.63, 3.8) is 0 Å². The number of nitrogens with zero attached hydrogens (tertiary/aromatic N) is 2. The topological polar surface area (TPSA) is 72.9 Å². The Morgan fingerprint density at radius 1 is 1.15 bits per heavy atom. The van der Waals surface area contributed by atoms with E-state index in [4.69, 9.17) is 16.7 Å². The minimum Gasteiger partial charge on any atom is -0.481 e. The number of halogens is 4. The fraction of sp³-hybridized carbons (Fsp3) is 0.500. The molecule has 0 atom stereocenters. The lowest BCUT2D eigenvalue weighted by Gasteiger charge is -2.33. The average molecular weight is 394 g/mol. The summed E-state index contributed by atoms with van der Waals surface area (Å²) < 4.78 is 38.5. The number of nitrogens with one attached hydrogen (secondary N) is 1. The van der Waals surface area contributed by atoms with Crippen LogP contribution in [0.5, 0.6) is 0 Å². The van der Waals surface area contributed by atoms with Gasteiger partial charge in [0, 0.05) is 38.4 Å². The van der Waals surface area contributed by atoms with Crippen molar-refractivity contribution in [3.05, 3.63) is 28.8 Å². The predicted octanol–water partition coefficient (Wildman–Crippen LogP) is 2.39. The van der Waals surface area contributed by atoms with E-state index in [0.717, 1.165) is 12.1 Å². The predicted molar refractivity (Wildman–Crippen MR) is 90.2 cm³/mol. The number of hydrogen-bond donors (Lipinski definition) is 2. The number of carboxylic acid groups (broad SMARTS) is 1. The highest BCUT2D eigenvalue weighted by Gasteiger charge is 2.33. The van der Waals surface area contributed by atoms with E-state index < -0.39 is 28.6 Å². The number of carbonyl (C=O) groups is 2. The van der Waals surface area contributed by atoms with E-state index in [1.165, 1.54) is 6.07 Å². The molecule has 0 aromatic heterocycles. The molecule has 1 fully saturated rings. The minimum atomic E-state index is -4.59. The third-order valence-corrected chi connectivity index (χ3v) is 4.36. The molecule has 26 heavy (non-hydrogen) atoms. The number of aliphatic carboxylic acids is 1. The van der Waals surface area contributed by atoms with Crippen LogP contribution in [0, 0.1) is 0 Å². The van der Waals surface area contributed by atoms with Gasteiger partial charge in [-0.2, -0.15) is 13.2 Å². The van der Waals surface area contributed by atoms with Gasteiger partial charge in [-0.15, -0.1) is 0 Å². The van der Waals surface area contributed by atoms with Crippen molar-refractivity contribution in [1.29, 1.82) is 0 Å². The lowest BCUT2D eigenvalue weighted by atomic mass is 10.2. The molecule has 0 spiro atoms. The molecular weight excluding hydrogens is 375 g/mol. The molecule has 2 rings (SSSR count). The molecule has 0 radical (unpaired) electrons. The Hall–Kier alpha value is -1.84. The van der Waals surface area contributed by atoms with Crippen molar-refractivity contribution < 1.29 is 27.9 Å². The largest absolute Gasteiger partial charge is 0.481 e. The van der Waals surface area contributed by atoms with Crippen LogP contribution in [0.1, 0.15) is 12.0 Å². The van der Waals surface area contributed by atoms with Gasteiger partial charge in [-0.3, -0.25) is 14.5 Å². The number of rotatable bonds is 6. The average Bonchev–Trinajstić information content (AvgIpc) is 2.55. The molecule has 1 heterocycles. The van der Waals surface area contributed by atoms with E-state index in [1.807, 2.05) is 9.80 Å². The van der Waals surface area contributed by atoms with Gasteiger partial charge in [-0.25, -0.2) is 0 Å². The lowest BCUT2D eigenvalue weighted by Crippen LogP contribution is -2.48. The number of hydrogen-bond acceptors (Lipinski definition) is 4. The third-order valence-electron chi connectivity index (χ3n) is 4.03. The molecule has 1 aromatic rings. The quantitative estimate of drug-likeness (QED) is 0.776. The Labute approximate surface area is 153 Å². The van der Waals surface area contributed by atoms with Crippen LogP contribution in [0.4, 0.5) is 18.9 Å². The molecule has 1 aliphatic rings. The van der Waals surface area contributed by atoms with Gasteiger partial charge in [0.15, 0.2) is 0 Å². The molecule has 2 N–H and O–H groups in total. The van der Waals surface area contributed by atoms with Crippen LogP contribution in [0.3, 0.4) is 0 Å². The summed E-state index contributed by atoms with van der Waals surface area (Å²) in [6, 6.07) is 3.23. The zero-order valence-corrected chi connectivity index (χ0v) is 14.6. The van der Waals surface area contributed by atoms with Crippen LogP contribution in [-0.4, -0.2) is 66.1 Å². The summed E-state index contributed by atoms with van der Waals surface area (Å²) in [5.41, 5.74) is -0.962. The fourth-order valence-electron chi connectivity index (χ4n) is 2.65. The highest BCUT2D eigenvalue weighted by molar-refractivity contribution is 6.31. The van der Waals surface area contributed by atoms with Crippen LogP contribution >= 0.6 is 11.6 Å². The maximum absolute atomic E-state index is 12.8. The number of anilines is 1. The Balaban J connectivity index is 1.84. The highest BCUT2D eigenvalue weighted by Crippen LogP contribution is 2.36. The van der Waals surface area contributed by atoms with E-state index in [1.54, 1.807) is 0 Å². The van der Waals surface area contributed by atoms with Crippen LogP contribution < -0.4 is 5.32 Å². The first kappa shape index (κ1) is 20.5. The SMILES string of the molecule is O=C(O)CCN1CCN(CC(=O)Nc2ccc(Cl)c(C(F)(F)F)c2)CC1. The van der Waals surface area contributed by atoms with E-state index in [0.29, 0.717) is 32.7 Å². The first-order valence-corrected chi connectivity index (χ1v) is 8.36. The van der Waals surface area contributed by atoms with Crippen molar-refractivity contribution in [3.8, 4) is 0 Å². The molecule has 6 nitrogen and oxygen atoms in total. The van der Waals surface area contributed by atoms with Gasteiger partial charge < -0.3 is 15.3 Å². The maximum atomic E-state index is 12.8. The van der Waals surface area contributed by atoms with Gasteiger partial charge in [-0.05, 0) is 18.2 Å². The number of benzene rings is 1. The van der Waals surface area contributed by atoms with Crippen molar-refractivity contribution in [1.82, 2.24) is 9.80 Å². The van der Waals surface area contributed by atoms with Gasteiger partial charge in [-0.1, -0.05) is 11.6 Å². The van der Waals surface area contributed by atoms with Crippen LogP contribution in [0.25, 0.3) is 0 Å². The third kappa shape index (κ3) is 6.15. The minimum absolute atomic E-state index is 0.0341. The molecule has 1 saturated heterocycles. The molecule has 0 saturated carbocycles. The highest BCUT2D eigenvalue weighted by atomic mass is 35.5. The molecule has 10 heteroatoms. The van der Waals surface area contributed by atoms with Gasteiger partial charge in [0.05, 0.1) is 23.6 Å². The van der Waals surface area contributed by atoms with Crippen LogP contribution in [-0.2, 0) is 15.8 Å². The van der Waals surface area contributed by atoms with Crippen LogP contribution in [0.2, 0.25) is 5.02 Å². The van der Waals surface area contributed by atoms with E-state index in [2.05, 4.69) is 5.32 Å². The summed E-state index contributed by atoms with van der Waals surface area (Å²) in [4.78, 5) is 26.5. The molecular formula is C16H19ClF3N3O3. The summed E-state index contributed by atoms with van der Waals surface area (Å²) >= 11 is 5.55. The number of carboxylic acids is 1. The first-order valence-electron chi connectivity index (χ1n) is 7.98. The number of carbonyl (C=O) groups excluding carboxylic acids is 1. The summed E-state index contributed by atoms with van der Waals surface area (Å²) in [5.74, 6) is -1.27. The zero-order valence-electron chi connectivity index (χ0n) is 13.9. The first-order chi connectivity index (χ1) is 12.1. The summed E-state index contributed by atoms with van der Waals surface area (Å²) in [5, 5.41) is 10.7. The fourth-order valence-corrected chi connectivity index (χ4v) is 2.87. The molecule has 1 aliphatic heterocycles. The second kappa shape index (κ2) is 8.70. The molecule has 144 valence electrons. The molecule has 1 aromatic carbocycles. The molecule has 0 bridgehead atoms. The molecule has 1 amide bonds. The Bertz CT molecular complexity index is 662.